The summed E-state index contributed by atoms with van der Waals surface area (Å²) in [6, 6.07) is 4.61. The van der Waals surface area contributed by atoms with Gasteiger partial charge in [0.05, 0.1) is 11.6 Å². The van der Waals surface area contributed by atoms with Gasteiger partial charge in [0.2, 0.25) is 11.8 Å². The molecule has 0 unspecified atom stereocenters. The molecule has 1 saturated heterocycles. The lowest BCUT2D eigenvalue weighted by Crippen LogP contribution is -2.52. The van der Waals surface area contributed by atoms with Crippen LogP contribution in [0.3, 0.4) is 0 Å². The number of aromatic nitrogens is 2. The zero-order valence-electron chi connectivity index (χ0n) is 19.5. The maximum atomic E-state index is 15.2. The quantitative estimate of drug-likeness (QED) is 0.593. The number of ether oxygens (including phenoxy) is 1. The van der Waals surface area contributed by atoms with Crippen molar-refractivity contribution in [2.75, 3.05) is 0 Å². The molecule has 2 saturated carbocycles. The zero-order valence-corrected chi connectivity index (χ0v) is 19.5. The van der Waals surface area contributed by atoms with Gasteiger partial charge in [-0.25, -0.2) is 9.18 Å². The molecule has 2 aliphatic carbocycles. The van der Waals surface area contributed by atoms with E-state index in [9.17, 15) is 19.2 Å². The summed E-state index contributed by atoms with van der Waals surface area (Å²) < 4.78 is 22.7. The molecule has 4 aliphatic rings. The first-order chi connectivity index (χ1) is 17.4. The highest BCUT2D eigenvalue weighted by Crippen LogP contribution is 2.43. The van der Waals surface area contributed by atoms with Crippen molar-refractivity contribution in [3.63, 3.8) is 0 Å². The Kier molecular flexibility index (Phi) is 5.50. The van der Waals surface area contributed by atoms with Crippen molar-refractivity contribution in [1.29, 1.82) is 0 Å². The lowest BCUT2D eigenvalue weighted by Gasteiger charge is -2.35. The van der Waals surface area contributed by atoms with Crippen LogP contribution in [0.2, 0.25) is 0 Å². The number of carbonyl (C=O) groups excluding carboxylic acids is 4. The normalized spacial score (nSPS) is 25.3. The Balaban J connectivity index is 1.03. The minimum absolute atomic E-state index is 0.0919. The van der Waals surface area contributed by atoms with Crippen LogP contribution in [-0.2, 0) is 27.4 Å². The highest BCUT2D eigenvalue weighted by atomic mass is 19.1. The molecule has 1 atom stereocenters. The molecule has 10 nitrogen and oxygen atoms in total. The average molecular weight is 496 g/mol. The van der Waals surface area contributed by atoms with E-state index in [0.29, 0.717) is 24.3 Å². The first kappa shape index (κ1) is 22.7. The van der Waals surface area contributed by atoms with E-state index >= 15 is 4.39 Å². The third kappa shape index (κ3) is 4.02. The SMILES string of the molecule is O=C1CC[C@@H](N2Cc3ccc(CNC(=O)OC4CC(n5nccc5C5CC5)C4)c(F)c3C2=O)C(=O)N1. The van der Waals surface area contributed by atoms with E-state index in [-0.39, 0.29) is 55.1 Å². The summed E-state index contributed by atoms with van der Waals surface area (Å²) in [6.07, 6.45) is 5.05. The number of rotatable bonds is 6. The molecular formula is C25H26FN5O5. The summed E-state index contributed by atoms with van der Waals surface area (Å²) in [5.41, 5.74) is 1.78. The van der Waals surface area contributed by atoms with Gasteiger partial charge >= 0.3 is 6.09 Å². The minimum Gasteiger partial charge on any atom is -0.446 e. The third-order valence-electron chi connectivity index (χ3n) is 7.52. The summed E-state index contributed by atoms with van der Waals surface area (Å²) in [5, 5.41) is 9.22. The lowest BCUT2D eigenvalue weighted by atomic mass is 9.89. The number of nitrogens with zero attached hydrogens (tertiary/aromatic N) is 3. The summed E-state index contributed by atoms with van der Waals surface area (Å²) in [7, 11) is 0. The summed E-state index contributed by atoms with van der Waals surface area (Å²) in [4.78, 5) is 50.1. The molecule has 0 spiro atoms. The first-order valence-electron chi connectivity index (χ1n) is 12.3. The van der Waals surface area contributed by atoms with Crippen LogP contribution >= 0.6 is 0 Å². The van der Waals surface area contributed by atoms with Crippen LogP contribution in [0, 0.1) is 5.82 Å². The molecule has 4 amide bonds. The van der Waals surface area contributed by atoms with Gasteiger partial charge in [-0.2, -0.15) is 5.10 Å². The van der Waals surface area contributed by atoms with Crippen molar-refractivity contribution >= 4 is 23.8 Å². The Labute approximate surface area is 206 Å². The fraction of sp³-hybridized carbons (Fsp3) is 0.480. The molecule has 3 fully saturated rings. The molecule has 3 heterocycles. The second kappa shape index (κ2) is 8.72. The van der Waals surface area contributed by atoms with Gasteiger partial charge < -0.3 is 15.0 Å². The monoisotopic (exact) mass is 495 g/mol. The van der Waals surface area contributed by atoms with Crippen LogP contribution in [0.5, 0.6) is 0 Å². The summed E-state index contributed by atoms with van der Waals surface area (Å²) >= 11 is 0. The van der Waals surface area contributed by atoms with Crippen molar-refractivity contribution in [1.82, 2.24) is 25.3 Å². The molecule has 0 radical (unpaired) electrons. The van der Waals surface area contributed by atoms with Crippen LogP contribution in [0.4, 0.5) is 9.18 Å². The molecular weight excluding hydrogens is 469 g/mol. The highest BCUT2D eigenvalue weighted by molar-refractivity contribution is 6.05. The standard InChI is InChI=1S/C25H26FN5O5/c26-22-14(3-4-15-12-30(24(34)21(15)22)19-5-6-20(32)29-23(19)33)11-27-25(35)36-17-9-16(10-17)31-18(7-8-28-31)13-1-2-13/h3-4,7-8,13,16-17,19H,1-2,5-6,9-12H2,(H,27,35)(H,29,32,33)/t16?,17?,19-/m1/s1. The van der Waals surface area contributed by atoms with Crippen molar-refractivity contribution in [3.8, 4) is 0 Å². The van der Waals surface area contributed by atoms with Crippen molar-refractivity contribution < 1.29 is 28.3 Å². The molecule has 6 rings (SSSR count). The Hall–Kier alpha value is -3.76. The fourth-order valence-corrected chi connectivity index (χ4v) is 5.32. The van der Waals surface area contributed by atoms with Gasteiger partial charge in [0.25, 0.3) is 5.91 Å². The van der Waals surface area contributed by atoms with Gasteiger partial charge in [-0.15, -0.1) is 0 Å². The smallest absolute Gasteiger partial charge is 0.407 e. The molecule has 2 N–H and O–H groups in total. The maximum Gasteiger partial charge on any atom is 0.407 e. The predicted molar refractivity (Wildman–Crippen MR) is 122 cm³/mol. The summed E-state index contributed by atoms with van der Waals surface area (Å²) in [5.74, 6) is -1.64. The van der Waals surface area contributed by atoms with Gasteiger partial charge in [-0.3, -0.25) is 24.4 Å². The summed E-state index contributed by atoms with van der Waals surface area (Å²) in [6.45, 7) is -0.0422. The van der Waals surface area contributed by atoms with Crippen LogP contribution in [0.25, 0.3) is 0 Å². The Bertz CT molecular complexity index is 1270. The number of carbonyl (C=O) groups is 4. The fourth-order valence-electron chi connectivity index (χ4n) is 5.32. The van der Waals surface area contributed by atoms with Crippen molar-refractivity contribution in [2.45, 2.75) is 75.7 Å². The van der Waals surface area contributed by atoms with E-state index in [1.807, 2.05) is 10.9 Å². The number of halogens is 1. The second-order valence-electron chi connectivity index (χ2n) is 9.95. The van der Waals surface area contributed by atoms with Gasteiger partial charge in [0.1, 0.15) is 18.0 Å². The van der Waals surface area contributed by atoms with E-state index in [1.54, 1.807) is 6.07 Å². The molecule has 11 heteroatoms. The number of nitrogens with one attached hydrogen (secondary N) is 2. The molecule has 0 bridgehead atoms. The highest BCUT2D eigenvalue weighted by Gasteiger charge is 2.41. The van der Waals surface area contributed by atoms with E-state index in [1.165, 1.54) is 29.5 Å². The first-order valence-corrected chi connectivity index (χ1v) is 12.3. The largest absolute Gasteiger partial charge is 0.446 e. The number of hydrogen-bond acceptors (Lipinski definition) is 6. The average Bonchev–Trinajstić information content (AvgIpc) is 3.46. The van der Waals surface area contributed by atoms with E-state index in [2.05, 4.69) is 21.8 Å². The predicted octanol–water partition coefficient (Wildman–Crippen LogP) is 2.29. The molecule has 2 aromatic rings. The number of amides is 4. The number of hydrogen-bond donors (Lipinski definition) is 2. The van der Waals surface area contributed by atoms with Gasteiger partial charge in [-0.05, 0) is 30.9 Å². The van der Waals surface area contributed by atoms with Crippen molar-refractivity contribution in [2.24, 2.45) is 0 Å². The maximum absolute atomic E-state index is 15.2. The van der Waals surface area contributed by atoms with Crippen LogP contribution < -0.4 is 10.6 Å². The lowest BCUT2D eigenvalue weighted by molar-refractivity contribution is -0.136. The zero-order chi connectivity index (χ0) is 25.0. The number of piperidine rings is 1. The Morgan fingerprint density at radius 3 is 2.72 bits per heavy atom. The van der Waals surface area contributed by atoms with Crippen LogP contribution in [0.1, 0.15) is 77.7 Å². The second-order valence-corrected chi connectivity index (χ2v) is 9.95. The van der Waals surface area contributed by atoms with Gasteiger partial charge in [0.15, 0.2) is 0 Å². The molecule has 2 aliphatic heterocycles. The number of alkyl carbamates (subject to hydrolysis) is 1. The topological polar surface area (TPSA) is 123 Å². The molecule has 1 aromatic heterocycles. The van der Waals surface area contributed by atoms with E-state index in [0.717, 1.165) is 0 Å². The third-order valence-corrected chi connectivity index (χ3v) is 7.52. The van der Waals surface area contributed by atoms with Gasteiger partial charge in [-0.1, -0.05) is 12.1 Å². The van der Waals surface area contributed by atoms with Crippen molar-refractivity contribution in [3.05, 3.63) is 52.6 Å². The number of imide groups is 1. The minimum atomic E-state index is -0.813. The van der Waals surface area contributed by atoms with E-state index in [4.69, 9.17) is 4.74 Å². The van der Waals surface area contributed by atoms with Crippen LogP contribution in [0.15, 0.2) is 24.4 Å². The molecule has 1 aromatic carbocycles. The van der Waals surface area contributed by atoms with Crippen LogP contribution in [-0.4, -0.2) is 50.6 Å². The Morgan fingerprint density at radius 2 is 1.97 bits per heavy atom. The number of benzene rings is 1. The van der Waals surface area contributed by atoms with Gasteiger partial charge in [0, 0.05) is 55.7 Å². The number of fused-ring (bicyclic) bond motifs is 1. The Morgan fingerprint density at radius 1 is 1.17 bits per heavy atom. The molecule has 188 valence electrons. The van der Waals surface area contributed by atoms with E-state index < -0.39 is 29.8 Å². The molecule has 36 heavy (non-hydrogen) atoms.